The molecule has 3 nitrogen and oxygen atoms in total. The number of phenolic OH excluding ortho intramolecular Hbond substituents is 1. The number of ether oxygens (including phenoxy) is 1. The smallest absolute Gasteiger partial charge is 0.119 e. The number of rotatable bonds is 1. The van der Waals surface area contributed by atoms with Gasteiger partial charge in [0.25, 0.3) is 0 Å². The van der Waals surface area contributed by atoms with Gasteiger partial charge in [0.2, 0.25) is 0 Å². The standard InChI is InChI=1S/C17H25NO2/c1-16(2)10-18(11-17(3,4)20-16)14-9-8-13-12(14)6-5-7-15(13)19/h5-7,14,19H,8-11H2,1-4H3. The van der Waals surface area contributed by atoms with Gasteiger partial charge in [-0.05, 0) is 57.7 Å². The molecule has 0 radical (unpaired) electrons. The number of aromatic hydroxyl groups is 1. The first-order valence-corrected chi connectivity index (χ1v) is 7.52. The van der Waals surface area contributed by atoms with Crippen molar-refractivity contribution in [2.24, 2.45) is 0 Å². The molecule has 0 aromatic heterocycles. The molecule has 3 heteroatoms. The lowest BCUT2D eigenvalue weighted by Gasteiger charge is -2.49. The third-order valence-corrected chi connectivity index (χ3v) is 4.38. The lowest BCUT2D eigenvalue weighted by molar-refractivity contribution is -0.188. The van der Waals surface area contributed by atoms with Gasteiger partial charge in [-0.25, -0.2) is 0 Å². The molecule has 1 aliphatic carbocycles. The molecule has 0 amide bonds. The first kappa shape index (κ1) is 13.9. The molecule has 110 valence electrons. The molecule has 1 aromatic carbocycles. The van der Waals surface area contributed by atoms with E-state index in [-0.39, 0.29) is 11.2 Å². The van der Waals surface area contributed by atoms with Crippen LogP contribution >= 0.6 is 0 Å². The average molecular weight is 275 g/mol. The number of benzene rings is 1. The first-order chi connectivity index (χ1) is 9.27. The Morgan fingerprint density at radius 1 is 1.15 bits per heavy atom. The highest BCUT2D eigenvalue weighted by atomic mass is 16.5. The molecule has 1 aromatic rings. The van der Waals surface area contributed by atoms with Crippen LogP contribution in [0.2, 0.25) is 0 Å². The number of fused-ring (bicyclic) bond motifs is 1. The van der Waals surface area contributed by atoms with E-state index in [1.54, 1.807) is 6.07 Å². The summed E-state index contributed by atoms with van der Waals surface area (Å²) in [4.78, 5) is 2.54. The second kappa shape index (κ2) is 4.47. The molecule has 1 fully saturated rings. The van der Waals surface area contributed by atoms with Gasteiger partial charge in [0.1, 0.15) is 5.75 Å². The second-order valence-electron chi connectivity index (χ2n) is 7.43. The minimum atomic E-state index is -0.124. The lowest BCUT2D eigenvalue weighted by Crippen LogP contribution is -2.57. The maximum atomic E-state index is 10.0. The van der Waals surface area contributed by atoms with Crippen molar-refractivity contribution in [3.63, 3.8) is 0 Å². The lowest BCUT2D eigenvalue weighted by atomic mass is 9.95. The molecule has 1 atom stereocenters. The van der Waals surface area contributed by atoms with Crippen LogP contribution in [0.1, 0.15) is 51.3 Å². The molecule has 1 saturated heterocycles. The van der Waals surface area contributed by atoms with E-state index in [1.165, 1.54) is 5.56 Å². The summed E-state index contributed by atoms with van der Waals surface area (Å²) in [6, 6.07) is 6.35. The fourth-order valence-corrected chi connectivity index (χ4v) is 4.06. The molecule has 0 saturated carbocycles. The van der Waals surface area contributed by atoms with E-state index in [1.807, 2.05) is 6.07 Å². The zero-order valence-electron chi connectivity index (χ0n) is 12.9. The van der Waals surface area contributed by atoms with Crippen molar-refractivity contribution in [2.45, 2.75) is 57.8 Å². The fourth-order valence-electron chi connectivity index (χ4n) is 4.06. The summed E-state index contributed by atoms with van der Waals surface area (Å²) in [6.07, 6.45) is 2.07. The van der Waals surface area contributed by atoms with Crippen molar-refractivity contribution in [3.05, 3.63) is 29.3 Å². The van der Waals surface area contributed by atoms with E-state index < -0.39 is 0 Å². The Morgan fingerprint density at radius 2 is 1.80 bits per heavy atom. The van der Waals surface area contributed by atoms with Crippen LogP contribution in [0.15, 0.2) is 18.2 Å². The van der Waals surface area contributed by atoms with E-state index in [0.29, 0.717) is 11.8 Å². The normalized spacial score (nSPS) is 28.3. The molecule has 3 rings (SSSR count). The van der Waals surface area contributed by atoms with Gasteiger partial charge in [0.15, 0.2) is 0 Å². The Morgan fingerprint density at radius 3 is 2.45 bits per heavy atom. The molecule has 1 heterocycles. The zero-order valence-corrected chi connectivity index (χ0v) is 12.9. The Kier molecular flexibility index (Phi) is 3.11. The van der Waals surface area contributed by atoms with Crippen LogP contribution in [-0.4, -0.2) is 34.3 Å². The summed E-state index contributed by atoms with van der Waals surface area (Å²) >= 11 is 0. The van der Waals surface area contributed by atoms with Crippen molar-refractivity contribution < 1.29 is 9.84 Å². The van der Waals surface area contributed by atoms with Crippen LogP contribution in [0, 0.1) is 0 Å². The van der Waals surface area contributed by atoms with Gasteiger partial charge in [0, 0.05) is 19.1 Å². The van der Waals surface area contributed by atoms with E-state index in [9.17, 15) is 5.11 Å². The van der Waals surface area contributed by atoms with Crippen LogP contribution in [0.5, 0.6) is 5.75 Å². The molecular weight excluding hydrogens is 250 g/mol. The van der Waals surface area contributed by atoms with Crippen LogP contribution in [0.3, 0.4) is 0 Å². The van der Waals surface area contributed by atoms with Gasteiger partial charge in [-0.3, -0.25) is 4.90 Å². The molecule has 1 N–H and O–H groups in total. The molecule has 2 aliphatic rings. The highest BCUT2D eigenvalue weighted by Gasteiger charge is 2.42. The number of nitrogens with zero attached hydrogens (tertiary/aromatic N) is 1. The Balaban J connectivity index is 1.90. The van der Waals surface area contributed by atoms with E-state index in [0.717, 1.165) is 31.5 Å². The average Bonchev–Trinajstić information content (AvgIpc) is 2.69. The maximum Gasteiger partial charge on any atom is 0.119 e. The van der Waals surface area contributed by atoms with Crippen molar-refractivity contribution in [2.75, 3.05) is 13.1 Å². The van der Waals surface area contributed by atoms with Gasteiger partial charge < -0.3 is 9.84 Å². The number of phenols is 1. The minimum absolute atomic E-state index is 0.124. The third kappa shape index (κ3) is 2.45. The summed E-state index contributed by atoms with van der Waals surface area (Å²) in [6.45, 7) is 10.5. The summed E-state index contributed by atoms with van der Waals surface area (Å²) in [5.74, 6) is 0.455. The highest BCUT2D eigenvalue weighted by Crippen LogP contribution is 2.42. The Hall–Kier alpha value is -1.06. The van der Waals surface area contributed by atoms with Crippen molar-refractivity contribution in [1.29, 1.82) is 0 Å². The Labute approximate surface area is 121 Å². The van der Waals surface area contributed by atoms with Gasteiger partial charge >= 0.3 is 0 Å². The molecule has 20 heavy (non-hydrogen) atoms. The van der Waals surface area contributed by atoms with E-state index in [4.69, 9.17) is 4.74 Å². The zero-order chi connectivity index (χ0) is 14.5. The molecule has 0 spiro atoms. The number of hydrogen-bond donors (Lipinski definition) is 1. The summed E-state index contributed by atoms with van der Waals surface area (Å²) in [5, 5.41) is 10.0. The molecule has 1 unspecified atom stereocenters. The topological polar surface area (TPSA) is 32.7 Å². The van der Waals surface area contributed by atoms with Gasteiger partial charge in [-0.2, -0.15) is 0 Å². The Bertz CT molecular complexity index is 506. The maximum absolute atomic E-state index is 10.0. The van der Waals surface area contributed by atoms with Crippen LogP contribution in [-0.2, 0) is 11.2 Å². The van der Waals surface area contributed by atoms with Crippen LogP contribution < -0.4 is 0 Å². The van der Waals surface area contributed by atoms with Gasteiger partial charge in [0.05, 0.1) is 11.2 Å². The van der Waals surface area contributed by atoms with Crippen LogP contribution in [0.4, 0.5) is 0 Å². The van der Waals surface area contributed by atoms with Crippen molar-refractivity contribution in [1.82, 2.24) is 4.90 Å². The third-order valence-electron chi connectivity index (χ3n) is 4.38. The number of hydrogen-bond acceptors (Lipinski definition) is 3. The predicted octanol–water partition coefficient (Wildman–Crippen LogP) is 3.27. The quantitative estimate of drug-likeness (QED) is 0.854. The fraction of sp³-hybridized carbons (Fsp3) is 0.647. The van der Waals surface area contributed by atoms with Crippen LogP contribution in [0.25, 0.3) is 0 Å². The minimum Gasteiger partial charge on any atom is -0.508 e. The largest absolute Gasteiger partial charge is 0.508 e. The van der Waals surface area contributed by atoms with E-state index >= 15 is 0 Å². The van der Waals surface area contributed by atoms with Gasteiger partial charge in [-0.15, -0.1) is 0 Å². The molecular formula is C17H25NO2. The number of morpholine rings is 1. The summed E-state index contributed by atoms with van der Waals surface area (Å²) < 4.78 is 6.17. The summed E-state index contributed by atoms with van der Waals surface area (Å²) in [5.41, 5.74) is 2.20. The van der Waals surface area contributed by atoms with E-state index in [2.05, 4.69) is 38.7 Å². The summed E-state index contributed by atoms with van der Waals surface area (Å²) in [7, 11) is 0. The van der Waals surface area contributed by atoms with Crippen molar-refractivity contribution in [3.8, 4) is 5.75 Å². The molecule has 0 bridgehead atoms. The highest BCUT2D eigenvalue weighted by molar-refractivity contribution is 5.44. The molecule has 1 aliphatic heterocycles. The second-order valence-corrected chi connectivity index (χ2v) is 7.43. The monoisotopic (exact) mass is 275 g/mol. The SMILES string of the molecule is CC1(C)CN(C2CCc3c(O)cccc32)CC(C)(C)O1. The van der Waals surface area contributed by atoms with Crippen molar-refractivity contribution >= 4 is 0 Å². The van der Waals surface area contributed by atoms with Gasteiger partial charge in [-0.1, -0.05) is 12.1 Å². The predicted molar refractivity (Wildman–Crippen MR) is 80.0 cm³/mol. The first-order valence-electron chi connectivity index (χ1n) is 7.52.